The Morgan fingerprint density at radius 1 is 1.43 bits per heavy atom. The van der Waals surface area contributed by atoms with Gasteiger partial charge in [-0.1, -0.05) is 11.6 Å². The molecule has 114 valence electrons. The number of nitro benzene ring substituents is 1. The number of amides is 1. The lowest BCUT2D eigenvalue weighted by Crippen LogP contribution is -2.49. The molecule has 0 spiro atoms. The van der Waals surface area contributed by atoms with Crippen molar-refractivity contribution in [3.63, 3.8) is 0 Å². The Bertz CT molecular complexity index is 719. The molecule has 1 amide bonds. The SMILES string of the molecule is Cc1cc(Cl)c([N+](=O)[O-])cc1S(=O)(=O)N1CCNC(=O)C1. The van der Waals surface area contributed by atoms with E-state index in [0.29, 0.717) is 0 Å². The molecular formula is C11H12ClN3O5S. The van der Waals surface area contributed by atoms with Crippen LogP contribution in [0.5, 0.6) is 0 Å². The zero-order valence-corrected chi connectivity index (χ0v) is 12.6. The molecule has 0 aromatic heterocycles. The van der Waals surface area contributed by atoms with E-state index in [1.165, 1.54) is 13.0 Å². The molecule has 1 aromatic carbocycles. The second-order valence-corrected chi connectivity index (χ2v) is 6.83. The molecule has 1 aliphatic rings. The molecule has 1 aliphatic heterocycles. The maximum absolute atomic E-state index is 12.5. The summed E-state index contributed by atoms with van der Waals surface area (Å²) in [5.74, 6) is -0.411. The number of carbonyl (C=O) groups is 1. The van der Waals surface area contributed by atoms with Crippen LogP contribution >= 0.6 is 11.6 Å². The van der Waals surface area contributed by atoms with Crippen molar-refractivity contribution in [3.05, 3.63) is 32.8 Å². The minimum Gasteiger partial charge on any atom is -0.354 e. The molecule has 0 saturated carbocycles. The fourth-order valence-corrected chi connectivity index (χ4v) is 3.93. The molecule has 21 heavy (non-hydrogen) atoms. The molecule has 2 rings (SSSR count). The largest absolute Gasteiger partial charge is 0.354 e. The molecular weight excluding hydrogens is 322 g/mol. The van der Waals surface area contributed by atoms with Gasteiger partial charge in [-0.15, -0.1) is 0 Å². The third-order valence-electron chi connectivity index (χ3n) is 3.06. The summed E-state index contributed by atoms with van der Waals surface area (Å²) in [5.41, 5.74) is -0.195. The predicted octanol–water partition coefficient (Wildman–Crippen LogP) is 0.677. The van der Waals surface area contributed by atoms with Gasteiger partial charge in [0, 0.05) is 19.2 Å². The summed E-state index contributed by atoms with van der Waals surface area (Å²) in [6.45, 7) is 1.50. The number of piperazine rings is 1. The van der Waals surface area contributed by atoms with Crippen LogP contribution in [0.15, 0.2) is 17.0 Å². The number of hydrogen-bond donors (Lipinski definition) is 1. The number of carbonyl (C=O) groups excluding carboxylic acids is 1. The highest BCUT2D eigenvalue weighted by Gasteiger charge is 2.32. The van der Waals surface area contributed by atoms with E-state index < -0.39 is 26.5 Å². The number of benzene rings is 1. The van der Waals surface area contributed by atoms with Crippen LogP contribution < -0.4 is 5.32 Å². The smallest absolute Gasteiger partial charge is 0.289 e. The molecule has 10 heteroatoms. The first-order valence-corrected chi connectivity index (χ1v) is 7.76. The van der Waals surface area contributed by atoms with Gasteiger partial charge >= 0.3 is 0 Å². The monoisotopic (exact) mass is 333 g/mol. The van der Waals surface area contributed by atoms with E-state index in [9.17, 15) is 23.3 Å². The summed E-state index contributed by atoms with van der Waals surface area (Å²) in [4.78, 5) is 21.2. The van der Waals surface area contributed by atoms with Crippen molar-refractivity contribution in [3.8, 4) is 0 Å². The van der Waals surface area contributed by atoms with Crippen molar-refractivity contribution in [1.29, 1.82) is 0 Å². The normalized spacial score (nSPS) is 16.6. The molecule has 1 heterocycles. The Balaban J connectivity index is 2.51. The number of rotatable bonds is 3. The summed E-state index contributed by atoms with van der Waals surface area (Å²) in [6, 6.07) is 2.16. The molecule has 1 fully saturated rings. The van der Waals surface area contributed by atoms with Gasteiger partial charge in [-0.3, -0.25) is 14.9 Å². The van der Waals surface area contributed by atoms with Crippen LogP contribution in [0.4, 0.5) is 5.69 Å². The van der Waals surface area contributed by atoms with Gasteiger partial charge in [0.05, 0.1) is 16.4 Å². The predicted molar refractivity (Wildman–Crippen MR) is 74.6 cm³/mol. The van der Waals surface area contributed by atoms with Gasteiger partial charge in [0.25, 0.3) is 5.69 Å². The number of halogens is 1. The summed E-state index contributed by atoms with van der Waals surface area (Å²) >= 11 is 5.74. The Kier molecular flexibility index (Phi) is 4.17. The average molecular weight is 334 g/mol. The van der Waals surface area contributed by atoms with E-state index in [1.54, 1.807) is 0 Å². The van der Waals surface area contributed by atoms with Crippen molar-refractivity contribution < 1.29 is 18.1 Å². The first-order chi connectivity index (χ1) is 9.73. The van der Waals surface area contributed by atoms with Crippen molar-refractivity contribution in [2.75, 3.05) is 19.6 Å². The fraction of sp³-hybridized carbons (Fsp3) is 0.364. The van der Waals surface area contributed by atoms with Crippen molar-refractivity contribution in [2.45, 2.75) is 11.8 Å². The minimum absolute atomic E-state index is 0.115. The highest BCUT2D eigenvalue weighted by Crippen LogP contribution is 2.31. The van der Waals surface area contributed by atoms with Crippen LogP contribution in [0.2, 0.25) is 5.02 Å². The Morgan fingerprint density at radius 3 is 2.67 bits per heavy atom. The Morgan fingerprint density at radius 2 is 2.10 bits per heavy atom. The lowest BCUT2D eigenvalue weighted by atomic mass is 10.2. The number of nitro groups is 1. The van der Waals surface area contributed by atoms with E-state index in [0.717, 1.165) is 10.4 Å². The van der Waals surface area contributed by atoms with E-state index >= 15 is 0 Å². The average Bonchev–Trinajstić information content (AvgIpc) is 2.37. The van der Waals surface area contributed by atoms with Crippen LogP contribution in [0.3, 0.4) is 0 Å². The van der Waals surface area contributed by atoms with Crippen LogP contribution in [0.25, 0.3) is 0 Å². The Hall–Kier alpha value is -1.71. The fourth-order valence-electron chi connectivity index (χ4n) is 2.02. The topological polar surface area (TPSA) is 110 Å². The lowest BCUT2D eigenvalue weighted by molar-refractivity contribution is -0.384. The van der Waals surface area contributed by atoms with Gasteiger partial charge < -0.3 is 5.32 Å². The molecule has 1 aromatic rings. The molecule has 0 aliphatic carbocycles. The number of nitrogens with zero attached hydrogens (tertiary/aromatic N) is 2. The van der Waals surface area contributed by atoms with Crippen LogP contribution in [0.1, 0.15) is 5.56 Å². The second-order valence-electron chi connectivity index (χ2n) is 4.51. The number of sulfonamides is 1. The van der Waals surface area contributed by atoms with Gasteiger partial charge in [0.15, 0.2) is 0 Å². The zero-order chi connectivity index (χ0) is 15.8. The number of aryl methyl sites for hydroxylation is 1. The highest BCUT2D eigenvalue weighted by molar-refractivity contribution is 7.89. The third-order valence-corrected chi connectivity index (χ3v) is 5.35. The molecule has 0 bridgehead atoms. The highest BCUT2D eigenvalue weighted by atomic mass is 35.5. The molecule has 1 N–H and O–H groups in total. The van der Waals surface area contributed by atoms with Crippen LogP contribution in [-0.4, -0.2) is 43.2 Å². The van der Waals surface area contributed by atoms with Gasteiger partial charge in [-0.25, -0.2) is 8.42 Å². The van der Waals surface area contributed by atoms with Gasteiger partial charge in [-0.05, 0) is 18.6 Å². The first-order valence-electron chi connectivity index (χ1n) is 5.95. The van der Waals surface area contributed by atoms with E-state index in [2.05, 4.69) is 5.32 Å². The minimum atomic E-state index is -3.99. The maximum atomic E-state index is 12.5. The second kappa shape index (κ2) is 5.58. The zero-order valence-electron chi connectivity index (χ0n) is 11.0. The standard InChI is InChI=1S/C11H12ClN3O5S/c1-7-4-8(12)9(15(17)18)5-10(7)21(19,20)14-3-2-13-11(16)6-14/h4-5H,2-3,6H2,1H3,(H,13,16). The third kappa shape index (κ3) is 2.99. The van der Waals surface area contributed by atoms with Crippen molar-refractivity contribution in [1.82, 2.24) is 9.62 Å². The maximum Gasteiger partial charge on any atom is 0.289 e. The van der Waals surface area contributed by atoms with Gasteiger partial charge in [0.2, 0.25) is 15.9 Å². The van der Waals surface area contributed by atoms with Gasteiger partial charge in [-0.2, -0.15) is 4.31 Å². The summed E-state index contributed by atoms with van der Waals surface area (Å²) < 4.78 is 26.0. The molecule has 0 unspecified atom stereocenters. The first kappa shape index (κ1) is 15.7. The number of nitrogens with one attached hydrogen (secondary N) is 1. The van der Waals surface area contributed by atoms with Crippen LogP contribution in [0, 0.1) is 17.0 Å². The van der Waals surface area contributed by atoms with E-state index in [-0.39, 0.29) is 35.1 Å². The van der Waals surface area contributed by atoms with Crippen molar-refractivity contribution in [2.24, 2.45) is 0 Å². The molecule has 1 saturated heterocycles. The van der Waals surface area contributed by atoms with E-state index in [4.69, 9.17) is 11.6 Å². The number of hydrogen-bond acceptors (Lipinski definition) is 5. The summed E-state index contributed by atoms with van der Waals surface area (Å²) in [7, 11) is -3.99. The van der Waals surface area contributed by atoms with Crippen molar-refractivity contribution >= 4 is 33.2 Å². The summed E-state index contributed by atoms with van der Waals surface area (Å²) in [6.07, 6.45) is 0. The quantitative estimate of drug-likeness (QED) is 0.646. The molecule has 0 radical (unpaired) electrons. The Labute approximate surface area is 125 Å². The van der Waals surface area contributed by atoms with E-state index in [1.807, 2.05) is 0 Å². The summed E-state index contributed by atoms with van der Waals surface area (Å²) in [5, 5.41) is 13.3. The lowest BCUT2D eigenvalue weighted by Gasteiger charge is -2.26. The molecule has 8 nitrogen and oxygen atoms in total. The van der Waals surface area contributed by atoms with Gasteiger partial charge in [0.1, 0.15) is 5.02 Å². The molecule has 0 atom stereocenters. The van der Waals surface area contributed by atoms with Crippen LogP contribution in [-0.2, 0) is 14.8 Å².